The molecule has 1 amide bonds. The Morgan fingerprint density at radius 3 is 2.68 bits per heavy atom. The van der Waals surface area contributed by atoms with Crippen molar-refractivity contribution in [2.45, 2.75) is 31.3 Å². The summed E-state index contributed by atoms with van der Waals surface area (Å²) >= 11 is 0. The second kappa shape index (κ2) is 6.03. The molecular weight excluding hydrogens is 350 g/mol. The van der Waals surface area contributed by atoms with Gasteiger partial charge in [-0.15, -0.1) is 10.2 Å². The highest BCUT2D eigenvalue weighted by atomic mass is 16.2. The minimum absolute atomic E-state index is 0.0380. The summed E-state index contributed by atoms with van der Waals surface area (Å²) in [5.41, 5.74) is 3.27. The first-order valence-corrected chi connectivity index (χ1v) is 9.41. The third-order valence-corrected chi connectivity index (χ3v) is 6.06. The Kier molecular flexibility index (Phi) is 3.59. The Bertz CT molecular complexity index is 1070. The zero-order chi connectivity index (χ0) is 19.3. The lowest BCUT2D eigenvalue weighted by atomic mass is 9.72. The zero-order valence-corrected chi connectivity index (χ0v) is 15.5. The molecule has 28 heavy (non-hydrogen) atoms. The average Bonchev–Trinajstić information content (AvgIpc) is 3.25. The molecule has 2 aromatic rings. The summed E-state index contributed by atoms with van der Waals surface area (Å²) in [5, 5.41) is 18.5. The van der Waals surface area contributed by atoms with Crippen molar-refractivity contribution in [2.24, 2.45) is 10.2 Å². The third kappa shape index (κ3) is 2.10. The minimum Gasteiger partial charge on any atom is -0.356 e. The number of benzene rings is 2. The van der Waals surface area contributed by atoms with Crippen LogP contribution in [0.15, 0.2) is 64.8 Å². The number of likely N-dealkylation sites (tertiary alicyclic amines) is 1. The number of carbonyl (C=O) groups is 1. The number of hydrogen-bond donors (Lipinski definition) is 0. The van der Waals surface area contributed by atoms with Crippen molar-refractivity contribution in [3.8, 4) is 6.07 Å². The number of rotatable bonds is 2. The summed E-state index contributed by atoms with van der Waals surface area (Å²) < 4.78 is 0. The number of carbonyl (C=O) groups excluding carboxylic acids is 1. The average molecular weight is 369 g/mol. The second-order valence-electron chi connectivity index (χ2n) is 7.45. The lowest BCUT2D eigenvalue weighted by Crippen LogP contribution is -2.55. The first-order chi connectivity index (χ1) is 13.7. The van der Waals surface area contributed by atoms with Crippen LogP contribution in [-0.2, 0) is 16.8 Å². The van der Waals surface area contributed by atoms with Crippen LogP contribution in [0.3, 0.4) is 0 Å². The standard InChI is InChI=1S/C22H19N5O/c1-15(28)26-12-11-22-17-9-5-6-10-19(17)27(14-16-7-3-2-4-8-16)20(22)18(13-23)24-25-21(22)26/h2-10,20H,11-12,14H2,1H3. The first kappa shape index (κ1) is 16.7. The van der Waals surface area contributed by atoms with Gasteiger partial charge in [-0.2, -0.15) is 5.26 Å². The molecule has 0 bridgehead atoms. The molecule has 2 aromatic carbocycles. The number of hydrogen-bond acceptors (Lipinski definition) is 5. The van der Waals surface area contributed by atoms with E-state index in [-0.39, 0.29) is 11.9 Å². The van der Waals surface area contributed by atoms with Gasteiger partial charge in [-0.25, -0.2) is 0 Å². The Hall–Kier alpha value is -3.46. The Morgan fingerprint density at radius 1 is 1.18 bits per heavy atom. The van der Waals surface area contributed by atoms with Gasteiger partial charge in [-0.05, 0) is 23.6 Å². The number of amidine groups is 1. The summed E-state index contributed by atoms with van der Waals surface area (Å²) in [6.45, 7) is 2.81. The van der Waals surface area contributed by atoms with E-state index in [9.17, 15) is 10.1 Å². The van der Waals surface area contributed by atoms with E-state index in [0.29, 0.717) is 24.6 Å². The largest absolute Gasteiger partial charge is 0.356 e. The SMILES string of the molecule is CC(=O)N1CCC23C1=NN=C(C#N)C2N(Cc1ccccc1)c1ccccc13. The van der Waals surface area contributed by atoms with E-state index in [0.717, 1.165) is 23.2 Å². The highest BCUT2D eigenvalue weighted by Crippen LogP contribution is 2.53. The normalized spacial score (nSPS) is 24.6. The maximum absolute atomic E-state index is 12.2. The van der Waals surface area contributed by atoms with Gasteiger partial charge < -0.3 is 4.90 Å². The van der Waals surface area contributed by atoms with Crippen molar-refractivity contribution in [1.82, 2.24) is 4.90 Å². The van der Waals surface area contributed by atoms with E-state index in [1.54, 1.807) is 11.8 Å². The molecule has 5 rings (SSSR count). The number of fused-ring (bicyclic) bond motifs is 1. The van der Waals surface area contributed by atoms with Crippen LogP contribution in [0.5, 0.6) is 0 Å². The van der Waals surface area contributed by atoms with Crippen molar-refractivity contribution in [2.75, 3.05) is 11.4 Å². The molecule has 3 aliphatic heterocycles. The predicted molar refractivity (Wildman–Crippen MR) is 107 cm³/mol. The number of nitrogens with zero attached hydrogens (tertiary/aromatic N) is 5. The van der Waals surface area contributed by atoms with Gasteiger partial charge in [0.2, 0.25) is 5.91 Å². The van der Waals surface area contributed by atoms with Crippen molar-refractivity contribution in [1.29, 1.82) is 5.26 Å². The van der Waals surface area contributed by atoms with Gasteiger partial charge in [0.25, 0.3) is 0 Å². The smallest absolute Gasteiger partial charge is 0.224 e. The summed E-state index contributed by atoms with van der Waals surface area (Å²) in [7, 11) is 0. The lowest BCUT2D eigenvalue weighted by Gasteiger charge is -2.37. The molecule has 0 radical (unpaired) electrons. The summed E-state index contributed by atoms with van der Waals surface area (Å²) in [4.78, 5) is 16.2. The van der Waals surface area contributed by atoms with Crippen molar-refractivity contribution in [3.05, 3.63) is 65.7 Å². The van der Waals surface area contributed by atoms with Gasteiger partial charge in [0.15, 0.2) is 5.71 Å². The van der Waals surface area contributed by atoms with Gasteiger partial charge in [0, 0.05) is 25.7 Å². The van der Waals surface area contributed by atoms with Crippen LogP contribution in [0, 0.1) is 11.3 Å². The molecule has 1 fully saturated rings. The number of amides is 1. The minimum atomic E-state index is -0.510. The fraction of sp³-hybridized carbons (Fsp3) is 0.273. The fourth-order valence-electron chi connectivity index (χ4n) is 4.94. The zero-order valence-electron chi connectivity index (χ0n) is 15.5. The topological polar surface area (TPSA) is 72.1 Å². The van der Waals surface area contributed by atoms with Crippen molar-refractivity contribution >= 4 is 23.1 Å². The van der Waals surface area contributed by atoms with E-state index in [4.69, 9.17) is 0 Å². The molecule has 1 saturated heterocycles. The maximum atomic E-state index is 12.2. The van der Waals surface area contributed by atoms with Crippen LogP contribution in [-0.4, -0.2) is 34.9 Å². The van der Waals surface area contributed by atoms with Crippen molar-refractivity contribution in [3.63, 3.8) is 0 Å². The highest BCUT2D eigenvalue weighted by molar-refractivity contribution is 6.18. The van der Waals surface area contributed by atoms with E-state index in [1.165, 1.54) is 0 Å². The van der Waals surface area contributed by atoms with Crippen LogP contribution in [0.4, 0.5) is 5.69 Å². The third-order valence-electron chi connectivity index (χ3n) is 6.06. The second-order valence-corrected chi connectivity index (χ2v) is 7.45. The van der Waals surface area contributed by atoms with E-state index in [2.05, 4.69) is 45.4 Å². The van der Waals surface area contributed by atoms with Crippen LogP contribution in [0.1, 0.15) is 24.5 Å². The molecule has 0 aromatic heterocycles. The molecule has 0 aliphatic carbocycles. The monoisotopic (exact) mass is 369 g/mol. The van der Waals surface area contributed by atoms with Crippen LogP contribution < -0.4 is 4.90 Å². The predicted octanol–water partition coefficient (Wildman–Crippen LogP) is 2.86. The van der Waals surface area contributed by atoms with Crippen molar-refractivity contribution < 1.29 is 4.79 Å². The Labute approximate surface area is 163 Å². The molecule has 138 valence electrons. The molecule has 1 spiro atoms. The first-order valence-electron chi connectivity index (χ1n) is 9.41. The quantitative estimate of drug-likeness (QED) is 0.817. The molecule has 0 saturated carbocycles. The van der Waals surface area contributed by atoms with Gasteiger partial charge >= 0.3 is 0 Å². The summed E-state index contributed by atoms with van der Waals surface area (Å²) in [6.07, 6.45) is 0.735. The van der Waals surface area contributed by atoms with Crippen LogP contribution >= 0.6 is 0 Å². The van der Waals surface area contributed by atoms with Gasteiger partial charge in [-0.3, -0.25) is 9.69 Å². The Balaban J connectivity index is 1.71. The van der Waals surface area contributed by atoms with E-state index < -0.39 is 5.41 Å². The van der Waals surface area contributed by atoms with Crippen LogP contribution in [0.25, 0.3) is 0 Å². The van der Waals surface area contributed by atoms with E-state index in [1.807, 2.05) is 30.3 Å². The van der Waals surface area contributed by atoms with Gasteiger partial charge in [-0.1, -0.05) is 48.5 Å². The molecule has 6 nitrogen and oxygen atoms in total. The lowest BCUT2D eigenvalue weighted by molar-refractivity contribution is -0.124. The highest BCUT2D eigenvalue weighted by Gasteiger charge is 2.62. The van der Waals surface area contributed by atoms with Gasteiger partial charge in [0.1, 0.15) is 17.9 Å². The van der Waals surface area contributed by atoms with Gasteiger partial charge in [0.05, 0.1) is 5.41 Å². The molecule has 3 heterocycles. The molecule has 2 unspecified atom stereocenters. The molecule has 2 atom stereocenters. The maximum Gasteiger partial charge on any atom is 0.224 e. The molecule has 6 heteroatoms. The molecule has 0 N–H and O–H groups in total. The number of nitriles is 1. The number of anilines is 1. The molecule has 3 aliphatic rings. The number of para-hydroxylation sites is 1. The summed E-state index contributed by atoms with van der Waals surface area (Å²) in [5.74, 6) is 0.635. The van der Waals surface area contributed by atoms with Crippen LogP contribution in [0.2, 0.25) is 0 Å². The molecular formula is C22H19N5O. The summed E-state index contributed by atoms with van der Waals surface area (Å²) in [6, 6.07) is 20.5. The Morgan fingerprint density at radius 2 is 1.93 bits per heavy atom. The van der Waals surface area contributed by atoms with E-state index >= 15 is 0 Å². The fourth-order valence-corrected chi connectivity index (χ4v) is 4.94.